The van der Waals surface area contributed by atoms with Crippen molar-refractivity contribution < 1.29 is 14.7 Å². The molecule has 1 aliphatic rings. The summed E-state index contributed by atoms with van der Waals surface area (Å²) in [5, 5.41) is 16.7. The molecule has 2 heterocycles. The Labute approximate surface area is 148 Å². The number of carboxylic acid groups (broad SMARTS) is 1. The summed E-state index contributed by atoms with van der Waals surface area (Å²) in [5.41, 5.74) is 1.92. The van der Waals surface area contributed by atoms with E-state index in [4.69, 9.17) is 16.7 Å². The highest BCUT2D eigenvalue weighted by molar-refractivity contribution is 7.08. The van der Waals surface area contributed by atoms with Gasteiger partial charge in [0, 0.05) is 18.1 Å². The van der Waals surface area contributed by atoms with Crippen molar-refractivity contribution in [3.8, 4) is 0 Å². The van der Waals surface area contributed by atoms with Gasteiger partial charge < -0.3 is 15.3 Å². The number of carboxylic acids is 1. The van der Waals surface area contributed by atoms with Crippen LogP contribution in [0, 0.1) is 5.92 Å². The van der Waals surface area contributed by atoms with Crippen molar-refractivity contribution in [2.75, 3.05) is 13.1 Å². The molecule has 0 saturated carbocycles. The number of nitrogens with zero attached hydrogens (tertiary/aromatic N) is 1. The molecule has 1 saturated heterocycles. The molecule has 2 amide bonds. The van der Waals surface area contributed by atoms with Gasteiger partial charge in [0.1, 0.15) is 0 Å². The monoisotopic (exact) mass is 364 g/mol. The molecule has 0 radical (unpaired) electrons. The first-order valence-corrected chi connectivity index (χ1v) is 8.92. The summed E-state index contributed by atoms with van der Waals surface area (Å²) in [4.78, 5) is 25.2. The van der Waals surface area contributed by atoms with Gasteiger partial charge in [-0.15, -0.1) is 0 Å². The summed E-state index contributed by atoms with van der Waals surface area (Å²) >= 11 is 7.51. The number of benzene rings is 1. The first kappa shape index (κ1) is 16.8. The van der Waals surface area contributed by atoms with Gasteiger partial charge in [0.25, 0.3) is 0 Å². The van der Waals surface area contributed by atoms with E-state index in [1.807, 2.05) is 29.0 Å². The van der Waals surface area contributed by atoms with Crippen LogP contribution in [0.25, 0.3) is 0 Å². The van der Waals surface area contributed by atoms with Crippen molar-refractivity contribution >= 4 is 34.9 Å². The van der Waals surface area contributed by atoms with Crippen molar-refractivity contribution in [1.29, 1.82) is 0 Å². The molecule has 7 heteroatoms. The van der Waals surface area contributed by atoms with Gasteiger partial charge in [-0.05, 0) is 46.5 Å². The summed E-state index contributed by atoms with van der Waals surface area (Å²) in [6, 6.07) is 8.78. The lowest BCUT2D eigenvalue weighted by atomic mass is 10.0. The fraction of sp³-hybridized carbons (Fsp3) is 0.294. The lowest BCUT2D eigenvalue weighted by molar-refractivity contribution is -0.141. The third-order valence-corrected chi connectivity index (χ3v) is 5.13. The number of thiophene rings is 1. The first-order chi connectivity index (χ1) is 11.5. The normalized spacial score (nSPS) is 18.4. The summed E-state index contributed by atoms with van der Waals surface area (Å²) in [7, 11) is 0. The van der Waals surface area contributed by atoms with Crippen molar-refractivity contribution in [1.82, 2.24) is 10.2 Å². The predicted molar refractivity (Wildman–Crippen MR) is 93.5 cm³/mol. The van der Waals surface area contributed by atoms with E-state index in [1.165, 1.54) is 0 Å². The van der Waals surface area contributed by atoms with E-state index in [0.29, 0.717) is 18.0 Å². The third-order valence-electron chi connectivity index (χ3n) is 4.17. The largest absolute Gasteiger partial charge is 0.481 e. The van der Waals surface area contributed by atoms with Crippen LogP contribution in [0.3, 0.4) is 0 Å². The Bertz CT molecular complexity index is 718. The van der Waals surface area contributed by atoms with Gasteiger partial charge in [-0.2, -0.15) is 11.3 Å². The Morgan fingerprint density at radius 2 is 2.00 bits per heavy atom. The molecule has 0 bridgehead atoms. The van der Waals surface area contributed by atoms with Gasteiger partial charge in [0.05, 0.1) is 12.0 Å². The highest BCUT2D eigenvalue weighted by Gasteiger charge is 2.32. The number of halogens is 1. The maximum Gasteiger partial charge on any atom is 0.318 e. The molecule has 126 valence electrons. The van der Waals surface area contributed by atoms with Crippen molar-refractivity contribution in [3.63, 3.8) is 0 Å². The Morgan fingerprint density at radius 1 is 1.25 bits per heavy atom. The van der Waals surface area contributed by atoms with E-state index >= 15 is 0 Å². The predicted octanol–water partition coefficient (Wildman–Crippen LogP) is 3.61. The second-order valence-electron chi connectivity index (χ2n) is 5.76. The van der Waals surface area contributed by atoms with Gasteiger partial charge in [-0.3, -0.25) is 4.79 Å². The van der Waals surface area contributed by atoms with Gasteiger partial charge >= 0.3 is 12.0 Å². The van der Waals surface area contributed by atoms with Gasteiger partial charge in [0.2, 0.25) is 0 Å². The molecule has 24 heavy (non-hydrogen) atoms. The number of carbonyl (C=O) groups is 2. The number of hydrogen-bond donors (Lipinski definition) is 2. The van der Waals surface area contributed by atoms with Gasteiger partial charge in [0.15, 0.2) is 0 Å². The van der Waals surface area contributed by atoms with Crippen LogP contribution in [0.5, 0.6) is 0 Å². The molecular formula is C17H17ClN2O3S. The SMILES string of the molecule is O=C(O)C1CCN(C(=O)NC(c2ccc(Cl)cc2)c2ccsc2)C1. The number of rotatable bonds is 4. The summed E-state index contributed by atoms with van der Waals surface area (Å²) in [6.45, 7) is 0.706. The summed E-state index contributed by atoms with van der Waals surface area (Å²) in [5.74, 6) is -1.33. The minimum Gasteiger partial charge on any atom is -0.481 e. The van der Waals surface area contributed by atoms with Crippen LogP contribution >= 0.6 is 22.9 Å². The number of amides is 2. The molecule has 5 nitrogen and oxygen atoms in total. The number of urea groups is 1. The van der Waals surface area contributed by atoms with E-state index in [1.54, 1.807) is 28.4 Å². The second-order valence-corrected chi connectivity index (χ2v) is 6.98. The Balaban J connectivity index is 1.76. The van der Waals surface area contributed by atoms with Crippen LogP contribution in [-0.4, -0.2) is 35.1 Å². The Hall–Kier alpha value is -2.05. The average molecular weight is 365 g/mol. The van der Waals surface area contributed by atoms with Gasteiger partial charge in [-0.25, -0.2) is 4.79 Å². The quantitative estimate of drug-likeness (QED) is 0.870. The summed E-state index contributed by atoms with van der Waals surface area (Å²) in [6.07, 6.45) is 0.493. The summed E-state index contributed by atoms with van der Waals surface area (Å²) < 4.78 is 0. The molecule has 0 spiro atoms. The fourth-order valence-corrected chi connectivity index (χ4v) is 3.63. The molecule has 1 aliphatic heterocycles. The second kappa shape index (κ2) is 7.23. The smallest absolute Gasteiger partial charge is 0.318 e. The van der Waals surface area contributed by atoms with E-state index in [-0.39, 0.29) is 18.6 Å². The zero-order chi connectivity index (χ0) is 17.1. The molecule has 2 N–H and O–H groups in total. The third kappa shape index (κ3) is 3.71. The zero-order valence-corrected chi connectivity index (χ0v) is 14.4. The zero-order valence-electron chi connectivity index (χ0n) is 12.8. The van der Waals surface area contributed by atoms with Crippen LogP contribution in [0.1, 0.15) is 23.6 Å². The van der Waals surface area contributed by atoms with E-state index in [2.05, 4.69) is 5.32 Å². The molecule has 2 unspecified atom stereocenters. The van der Waals surface area contributed by atoms with Gasteiger partial charge in [-0.1, -0.05) is 23.7 Å². The van der Waals surface area contributed by atoms with Crippen molar-refractivity contribution in [3.05, 3.63) is 57.2 Å². The maximum atomic E-state index is 12.6. The Kier molecular flexibility index (Phi) is 5.06. The molecule has 2 aromatic rings. The van der Waals surface area contributed by atoms with Crippen LogP contribution in [-0.2, 0) is 4.79 Å². The molecule has 3 rings (SSSR count). The van der Waals surface area contributed by atoms with E-state index in [9.17, 15) is 9.59 Å². The molecule has 0 aliphatic carbocycles. The number of nitrogens with one attached hydrogen (secondary N) is 1. The highest BCUT2D eigenvalue weighted by atomic mass is 35.5. The van der Waals surface area contributed by atoms with Crippen LogP contribution in [0.15, 0.2) is 41.1 Å². The number of likely N-dealkylation sites (tertiary alicyclic amines) is 1. The van der Waals surface area contributed by atoms with E-state index < -0.39 is 11.9 Å². The number of hydrogen-bond acceptors (Lipinski definition) is 3. The molecule has 2 atom stereocenters. The molecular weight excluding hydrogens is 348 g/mol. The maximum absolute atomic E-state index is 12.6. The molecule has 1 aromatic carbocycles. The average Bonchev–Trinajstić information content (AvgIpc) is 3.25. The van der Waals surface area contributed by atoms with Crippen molar-refractivity contribution in [2.24, 2.45) is 5.92 Å². The standard InChI is InChI=1S/C17H17ClN2O3S/c18-14-3-1-11(2-4-14)15(13-6-8-24-10-13)19-17(23)20-7-5-12(9-20)16(21)22/h1-4,6,8,10,12,15H,5,7,9H2,(H,19,23)(H,21,22). The van der Waals surface area contributed by atoms with Crippen LogP contribution in [0.2, 0.25) is 5.02 Å². The van der Waals surface area contributed by atoms with Crippen LogP contribution < -0.4 is 5.32 Å². The number of aliphatic carboxylic acids is 1. The van der Waals surface area contributed by atoms with E-state index in [0.717, 1.165) is 11.1 Å². The molecule has 1 fully saturated rings. The lowest BCUT2D eigenvalue weighted by Gasteiger charge is -2.23. The number of carbonyl (C=O) groups excluding carboxylic acids is 1. The lowest BCUT2D eigenvalue weighted by Crippen LogP contribution is -2.41. The fourth-order valence-electron chi connectivity index (χ4n) is 2.81. The molecule has 1 aromatic heterocycles. The first-order valence-electron chi connectivity index (χ1n) is 7.60. The van der Waals surface area contributed by atoms with Crippen LogP contribution in [0.4, 0.5) is 4.79 Å². The minimum absolute atomic E-state index is 0.245. The minimum atomic E-state index is -0.850. The highest BCUT2D eigenvalue weighted by Crippen LogP contribution is 2.26. The topological polar surface area (TPSA) is 69.6 Å². The van der Waals surface area contributed by atoms with Crippen molar-refractivity contribution in [2.45, 2.75) is 12.5 Å². The Morgan fingerprint density at radius 3 is 2.58 bits per heavy atom.